The van der Waals surface area contributed by atoms with Crippen molar-refractivity contribution in [2.45, 2.75) is 6.54 Å². The first-order valence-electron chi connectivity index (χ1n) is 6.11. The summed E-state index contributed by atoms with van der Waals surface area (Å²) in [6.07, 6.45) is 1.62. The van der Waals surface area contributed by atoms with E-state index in [9.17, 15) is 0 Å². The molecule has 0 amide bonds. The molecule has 2 aromatic rings. The van der Waals surface area contributed by atoms with Crippen molar-refractivity contribution in [3.8, 4) is 5.88 Å². The molecular formula is C12H17N5O3. The SMILES string of the molecule is COCCNCc1nnc(Nc2ccc(OC)nc2)o1. The van der Waals surface area contributed by atoms with Gasteiger partial charge in [0, 0.05) is 19.7 Å². The van der Waals surface area contributed by atoms with Crippen LogP contribution >= 0.6 is 0 Å². The van der Waals surface area contributed by atoms with E-state index in [-0.39, 0.29) is 0 Å². The summed E-state index contributed by atoms with van der Waals surface area (Å²) >= 11 is 0. The van der Waals surface area contributed by atoms with Gasteiger partial charge in [0.15, 0.2) is 0 Å². The lowest BCUT2D eigenvalue weighted by atomic mass is 10.4. The third kappa shape index (κ3) is 4.18. The lowest BCUT2D eigenvalue weighted by Gasteiger charge is -2.02. The van der Waals surface area contributed by atoms with Crippen LogP contribution in [0, 0.1) is 0 Å². The number of hydrogen-bond donors (Lipinski definition) is 2. The molecule has 0 bridgehead atoms. The molecule has 0 aliphatic rings. The molecule has 0 atom stereocenters. The Balaban J connectivity index is 1.85. The molecule has 108 valence electrons. The summed E-state index contributed by atoms with van der Waals surface area (Å²) in [4.78, 5) is 4.07. The Morgan fingerprint density at radius 1 is 1.25 bits per heavy atom. The third-order valence-corrected chi connectivity index (χ3v) is 2.42. The maximum absolute atomic E-state index is 5.43. The van der Waals surface area contributed by atoms with Gasteiger partial charge < -0.3 is 24.5 Å². The van der Waals surface area contributed by atoms with Gasteiger partial charge in [-0.05, 0) is 6.07 Å². The minimum absolute atomic E-state index is 0.320. The molecule has 0 aromatic carbocycles. The number of aromatic nitrogens is 3. The van der Waals surface area contributed by atoms with Crippen LogP contribution in [0.3, 0.4) is 0 Å². The van der Waals surface area contributed by atoms with E-state index < -0.39 is 0 Å². The van der Waals surface area contributed by atoms with Crippen LogP contribution in [0.25, 0.3) is 0 Å². The summed E-state index contributed by atoms with van der Waals surface area (Å²) < 4.78 is 15.3. The van der Waals surface area contributed by atoms with E-state index >= 15 is 0 Å². The van der Waals surface area contributed by atoms with E-state index in [4.69, 9.17) is 13.9 Å². The average Bonchev–Trinajstić information content (AvgIpc) is 2.92. The molecule has 2 rings (SSSR count). The molecule has 0 fully saturated rings. The number of hydrogen-bond acceptors (Lipinski definition) is 8. The van der Waals surface area contributed by atoms with Crippen LogP contribution in [0.4, 0.5) is 11.7 Å². The van der Waals surface area contributed by atoms with E-state index in [1.807, 2.05) is 6.07 Å². The fraction of sp³-hybridized carbons (Fsp3) is 0.417. The van der Waals surface area contributed by atoms with Crippen molar-refractivity contribution in [2.75, 3.05) is 32.7 Å². The highest BCUT2D eigenvalue weighted by atomic mass is 16.5. The minimum Gasteiger partial charge on any atom is -0.481 e. The number of rotatable bonds is 8. The molecule has 2 aromatic heterocycles. The van der Waals surface area contributed by atoms with Crippen molar-refractivity contribution in [3.05, 3.63) is 24.2 Å². The number of anilines is 2. The Morgan fingerprint density at radius 2 is 2.15 bits per heavy atom. The van der Waals surface area contributed by atoms with Gasteiger partial charge in [0.2, 0.25) is 11.8 Å². The molecular weight excluding hydrogens is 262 g/mol. The first kappa shape index (κ1) is 14.2. The predicted molar refractivity (Wildman–Crippen MR) is 72.0 cm³/mol. The lowest BCUT2D eigenvalue weighted by molar-refractivity contribution is 0.198. The number of nitrogens with one attached hydrogen (secondary N) is 2. The Kier molecular flexibility index (Phi) is 5.27. The zero-order chi connectivity index (χ0) is 14.2. The fourth-order valence-corrected chi connectivity index (χ4v) is 1.44. The second-order valence-corrected chi connectivity index (χ2v) is 3.88. The first-order valence-corrected chi connectivity index (χ1v) is 6.11. The summed E-state index contributed by atoms with van der Waals surface area (Å²) in [5.41, 5.74) is 0.744. The van der Waals surface area contributed by atoms with Crippen LogP contribution < -0.4 is 15.4 Å². The van der Waals surface area contributed by atoms with Gasteiger partial charge in [-0.15, -0.1) is 5.10 Å². The Morgan fingerprint density at radius 3 is 2.85 bits per heavy atom. The van der Waals surface area contributed by atoms with E-state index in [2.05, 4.69) is 25.8 Å². The van der Waals surface area contributed by atoms with Crippen LogP contribution in [0.5, 0.6) is 5.88 Å². The summed E-state index contributed by atoms with van der Waals surface area (Å²) in [5.74, 6) is 1.05. The molecule has 0 aliphatic carbocycles. The van der Waals surface area contributed by atoms with Crippen molar-refractivity contribution in [1.82, 2.24) is 20.5 Å². The zero-order valence-electron chi connectivity index (χ0n) is 11.4. The molecule has 2 N–H and O–H groups in total. The summed E-state index contributed by atoms with van der Waals surface area (Å²) in [5, 5.41) is 13.9. The largest absolute Gasteiger partial charge is 0.481 e. The highest BCUT2D eigenvalue weighted by Crippen LogP contribution is 2.16. The smallest absolute Gasteiger partial charge is 0.320 e. The van der Waals surface area contributed by atoms with Crippen LogP contribution in [0.15, 0.2) is 22.7 Å². The van der Waals surface area contributed by atoms with Crippen LogP contribution in [0.1, 0.15) is 5.89 Å². The van der Waals surface area contributed by atoms with Crippen LogP contribution in [0.2, 0.25) is 0 Å². The molecule has 8 nitrogen and oxygen atoms in total. The van der Waals surface area contributed by atoms with E-state index in [1.165, 1.54) is 0 Å². The fourth-order valence-electron chi connectivity index (χ4n) is 1.44. The molecule has 0 spiro atoms. The lowest BCUT2D eigenvalue weighted by Crippen LogP contribution is -2.18. The third-order valence-electron chi connectivity index (χ3n) is 2.42. The first-order chi connectivity index (χ1) is 9.81. The zero-order valence-corrected chi connectivity index (χ0v) is 11.4. The van der Waals surface area contributed by atoms with Gasteiger partial charge in [-0.3, -0.25) is 0 Å². The van der Waals surface area contributed by atoms with Gasteiger partial charge in [0.05, 0.1) is 32.1 Å². The van der Waals surface area contributed by atoms with Crippen molar-refractivity contribution >= 4 is 11.7 Å². The number of nitrogens with zero attached hydrogens (tertiary/aromatic N) is 3. The van der Waals surface area contributed by atoms with Gasteiger partial charge in [-0.25, -0.2) is 4.98 Å². The van der Waals surface area contributed by atoms with Crippen molar-refractivity contribution in [2.24, 2.45) is 0 Å². The minimum atomic E-state index is 0.320. The van der Waals surface area contributed by atoms with Gasteiger partial charge in [0.1, 0.15) is 0 Å². The Labute approximate surface area is 116 Å². The molecule has 0 saturated heterocycles. The molecule has 2 heterocycles. The van der Waals surface area contributed by atoms with E-state index in [1.54, 1.807) is 26.5 Å². The summed E-state index contributed by atoms with van der Waals surface area (Å²) in [6.45, 7) is 1.86. The summed E-state index contributed by atoms with van der Waals surface area (Å²) in [6, 6.07) is 3.87. The normalized spacial score (nSPS) is 10.5. The maximum atomic E-state index is 5.43. The second kappa shape index (κ2) is 7.41. The standard InChI is InChI=1S/C12H17N5O3/c1-18-6-5-13-8-11-16-17-12(20-11)15-9-3-4-10(19-2)14-7-9/h3-4,7,13H,5-6,8H2,1-2H3,(H,15,17). The highest BCUT2D eigenvalue weighted by molar-refractivity contribution is 5.50. The average molecular weight is 279 g/mol. The number of ether oxygens (including phenoxy) is 2. The summed E-state index contributed by atoms with van der Waals surface area (Å²) in [7, 11) is 3.22. The quantitative estimate of drug-likeness (QED) is 0.690. The molecule has 20 heavy (non-hydrogen) atoms. The van der Waals surface area contributed by atoms with Gasteiger partial charge in [0.25, 0.3) is 0 Å². The Hall–Kier alpha value is -2.19. The molecule has 0 radical (unpaired) electrons. The van der Waals surface area contributed by atoms with E-state index in [0.717, 1.165) is 12.2 Å². The van der Waals surface area contributed by atoms with E-state index in [0.29, 0.717) is 30.9 Å². The topological polar surface area (TPSA) is 94.3 Å². The van der Waals surface area contributed by atoms with Crippen molar-refractivity contribution < 1.29 is 13.9 Å². The van der Waals surface area contributed by atoms with Gasteiger partial charge in [-0.1, -0.05) is 5.10 Å². The molecule has 0 saturated carbocycles. The predicted octanol–water partition coefficient (Wildman–Crippen LogP) is 0.953. The van der Waals surface area contributed by atoms with Crippen LogP contribution in [-0.4, -0.2) is 42.6 Å². The molecule has 0 aliphatic heterocycles. The molecule has 0 unspecified atom stereocenters. The van der Waals surface area contributed by atoms with Gasteiger partial charge >= 0.3 is 6.01 Å². The number of methoxy groups -OCH3 is 2. The highest BCUT2D eigenvalue weighted by Gasteiger charge is 2.06. The second-order valence-electron chi connectivity index (χ2n) is 3.88. The van der Waals surface area contributed by atoms with Crippen LogP contribution in [-0.2, 0) is 11.3 Å². The Bertz CT molecular complexity index is 514. The maximum Gasteiger partial charge on any atom is 0.320 e. The number of pyridine rings is 1. The van der Waals surface area contributed by atoms with Gasteiger partial charge in [-0.2, -0.15) is 0 Å². The van der Waals surface area contributed by atoms with Crippen molar-refractivity contribution in [1.29, 1.82) is 0 Å². The van der Waals surface area contributed by atoms with Crippen molar-refractivity contribution in [3.63, 3.8) is 0 Å². The monoisotopic (exact) mass is 279 g/mol. The molecule has 8 heteroatoms.